The quantitative estimate of drug-likeness (QED) is 0.728. The van der Waals surface area contributed by atoms with Crippen molar-refractivity contribution < 1.29 is 18.7 Å². The lowest BCUT2D eigenvalue weighted by Gasteiger charge is -2.33. The summed E-state index contributed by atoms with van der Waals surface area (Å²) in [7, 11) is 1.67. The van der Waals surface area contributed by atoms with Crippen LogP contribution in [-0.2, 0) is 22.6 Å². The predicted octanol–water partition coefficient (Wildman–Crippen LogP) is 2.61. The van der Waals surface area contributed by atoms with Crippen molar-refractivity contribution in [2.24, 2.45) is 0 Å². The van der Waals surface area contributed by atoms with Gasteiger partial charge in [0.25, 0.3) is 0 Å². The van der Waals surface area contributed by atoms with Crippen molar-refractivity contribution in [2.75, 3.05) is 40.0 Å². The highest BCUT2D eigenvalue weighted by molar-refractivity contribution is 5.73. The molecule has 1 unspecified atom stereocenters. The van der Waals surface area contributed by atoms with E-state index in [1.807, 2.05) is 43.3 Å². The SMILES string of the molecule is COCc1cccc(CNC(=O)NCC(c2ccc(C)o2)N2CCOCC2)c1. The lowest BCUT2D eigenvalue weighted by molar-refractivity contribution is 0.0121. The zero-order valence-electron chi connectivity index (χ0n) is 16.6. The van der Waals surface area contributed by atoms with Gasteiger partial charge in [0.2, 0.25) is 0 Å². The Morgan fingerprint density at radius 3 is 2.68 bits per heavy atom. The van der Waals surface area contributed by atoms with E-state index in [0.29, 0.717) is 32.9 Å². The van der Waals surface area contributed by atoms with Crippen molar-refractivity contribution in [3.63, 3.8) is 0 Å². The van der Waals surface area contributed by atoms with Gasteiger partial charge in [-0.05, 0) is 30.2 Å². The molecule has 1 aromatic heterocycles. The Hall–Kier alpha value is -2.35. The molecular weight excluding hydrogens is 358 g/mol. The van der Waals surface area contributed by atoms with Gasteiger partial charge >= 0.3 is 6.03 Å². The average molecular weight is 387 g/mol. The third kappa shape index (κ3) is 5.82. The standard InChI is InChI=1S/C21H29N3O4/c1-16-6-7-20(28-16)19(24-8-10-27-11-9-24)14-23-21(25)22-13-17-4-3-5-18(12-17)15-26-2/h3-7,12,19H,8-11,13-15H2,1-2H3,(H2,22,23,25). The van der Waals surface area contributed by atoms with E-state index in [2.05, 4.69) is 15.5 Å². The van der Waals surface area contributed by atoms with Gasteiger partial charge in [-0.25, -0.2) is 4.79 Å². The average Bonchev–Trinajstić information content (AvgIpc) is 3.14. The molecule has 0 aliphatic carbocycles. The molecule has 1 fully saturated rings. The van der Waals surface area contributed by atoms with Crippen LogP contribution in [0.5, 0.6) is 0 Å². The van der Waals surface area contributed by atoms with Gasteiger partial charge in [-0.1, -0.05) is 24.3 Å². The minimum Gasteiger partial charge on any atom is -0.465 e. The van der Waals surface area contributed by atoms with Crippen LogP contribution in [0, 0.1) is 6.92 Å². The Morgan fingerprint density at radius 2 is 1.96 bits per heavy atom. The van der Waals surface area contributed by atoms with E-state index in [1.165, 1.54) is 0 Å². The molecule has 152 valence electrons. The minimum atomic E-state index is -0.196. The summed E-state index contributed by atoms with van der Waals surface area (Å²) >= 11 is 0. The molecule has 1 aliphatic rings. The number of aryl methyl sites for hydroxylation is 1. The predicted molar refractivity (Wildman–Crippen MR) is 106 cm³/mol. The number of hydrogen-bond donors (Lipinski definition) is 2. The van der Waals surface area contributed by atoms with E-state index in [0.717, 1.165) is 35.7 Å². The number of carbonyl (C=O) groups is 1. The lowest BCUT2D eigenvalue weighted by Crippen LogP contribution is -2.45. The minimum absolute atomic E-state index is 0.00613. The molecule has 7 heteroatoms. The fourth-order valence-corrected chi connectivity index (χ4v) is 3.36. The van der Waals surface area contributed by atoms with Crippen LogP contribution in [-0.4, -0.2) is 50.9 Å². The first kappa shape index (κ1) is 20.4. The lowest BCUT2D eigenvalue weighted by atomic mass is 10.1. The van der Waals surface area contributed by atoms with Crippen molar-refractivity contribution in [3.8, 4) is 0 Å². The summed E-state index contributed by atoms with van der Waals surface area (Å²) in [6, 6.07) is 11.7. The van der Waals surface area contributed by atoms with Gasteiger partial charge in [-0.15, -0.1) is 0 Å². The fourth-order valence-electron chi connectivity index (χ4n) is 3.36. The Kier molecular flexibility index (Phi) is 7.47. The molecule has 2 N–H and O–H groups in total. The van der Waals surface area contributed by atoms with Gasteiger partial charge in [-0.2, -0.15) is 0 Å². The number of furan rings is 1. The molecule has 0 bridgehead atoms. The highest BCUT2D eigenvalue weighted by Crippen LogP contribution is 2.23. The topological polar surface area (TPSA) is 76.0 Å². The maximum absolute atomic E-state index is 12.3. The monoisotopic (exact) mass is 387 g/mol. The molecule has 28 heavy (non-hydrogen) atoms. The number of benzene rings is 1. The van der Waals surface area contributed by atoms with Crippen LogP contribution in [0.25, 0.3) is 0 Å². The molecule has 1 aromatic carbocycles. The van der Waals surface area contributed by atoms with E-state index in [4.69, 9.17) is 13.9 Å². The Bertz CT molecular complexity index is 756. The summed E-state index contributed by atoms with van der Waals surface area (Å²) in [4.78, 5) is 14.6. The number of urea groups is 1. The summed E-state index contributed by atoms with van der Waals surface area (Å²) in [5.74, 6) is 1.74. The van der Waals surface area contributed by atoms with E-state index in [9.17, 15) is 4.79 Å². The van der Waals surface area contributed by atoms with Gasteiger partial charge in [-0.3, -0.25) is 4.90 Å². The van der Waals surface area contributed by atoms with Crippen molar-refractivity contribution in [1.29, 1.82) is 0 Å². The Balaban J connectivity index is 1.53. The highest BCUT2D eigenvalue weighted by Gasteiger charge is 2.25. The van der Waals surface area contributed by atoms with Crippen LogP contribution in [0.4, 0.5) is 4.79 Å². The number of rotatable bonds is 8. The number of morpholine rings is 1. The van der Waals surface area contributed by atoms with Crippen LogP contribution in [0.3, 0.4) is 0 Å². The van der Waals surface area contributed by atoms with E-state index in [1.54, 1.807) is 7.11 Å². The van der Waals surface area contributed by atoms with Gasteiger partial charge in [0.05, 0.1) is 25.9 Å². The van der Waals surface area contributed by atoms with Gasteiger partial charge < -0.3 is 24.5 Å². The molecule has 1 saturated heterocycles. The third-order valence-electron chi connectivity index (χ3n) is 4.79. The van der Waals surface area contributed by atoms with E-state index in [-0.39, 0.29) is 12.1 Å². The van der Waals surface area contributed by atoms with Crippen molar-refractivity contribution in [1.82, 2.24) is 15.5 Å². The summed E-state index contributed by atoms with van der Waals surface area (Å²) in [5.41, 5.74) is 2.12. The van der Waals surface area contributed by atoms with Crippen molar-refractivity contribution in [3.05, 3.63) is 59.0 Å². The molecule has 2 amide bonds. The molecule has 0 saturated carbocycles. The fraction of sp³-hybridized carbons (Fsp3) is 0.476. The molecule has 2 heterocycles. The number of hydrogen-bond acceptors (Lipinski definition) is 5. The highest BCUT2D eigenvalue weighted by atomic mass is 16.5. The van der Waals surface area contributed by atoms with Crippen molar-refractivity contribution >= 4 is 6.03 Å². The van der Waals surface area contributed by atoms with Crippen molar-refractivity contribution in [2.45, 2.75) is 26.1 Å². The van der Waals surface area contributed by atoms with Gasteiger partial charge in [0.1, 0.15) is 11.5 Å². The smallest absolute Gasteiger partial charge is 0.315 e. The summed E-state index contributed by atoms with van der Waals surface area (Å²) < 4.78 is 16.4. The molecular formula is C21H29N3O4. The Morgan fingerprint density at radius 1 is 1.18 bits per heavy atom. The van der Waals surface area contributed by atoms with Crippen LogP contribution in [0.15, 0.2) is 40.8 Å². The second kappa shape index (κ2) is 10.3. The van der Waals surface area contributed by atoms with Crippen LogP contribution < -0.4 is 10.6 Å². The summed E-state index contributed by atoms with van der Waals surface area (Å²) in [6.45, 7) is 6.45. The number of ether oxygens (including phenoxy) is 2. The van der Waals surface area contributed by atoms with E-state index < -0.39 is 0 Å². The first-order chi connectivity index (χ1) is 13.7. The van der Waals surface area contributed by atoms with E-state index >= 15 is 0 Å². The molecule has 7 nitrogen and oxygen atoms in total. The number of carbonyl (C=O) groups excluding carboxylic acids is 1. The zero-order valence-corrected chi connectivity index (χ0v) is 16.6. The molecule has 1 atom stereocenters. The largest absolute Gasteiger partial charge is 0.465 e. The molecule has 1 aliphatic heterocycles. The summed E-state index contributed by atoms with van der Waals surface area (Å²) in [6.07, 6.45) is 0. The Labute approximate surface area is 166 Å². The molecule has 0 radical (unpaired) electrons. The number of nitrogens with zero attached hydrogens (tertiary/aromatic N) is 1. The second-order valence-corrected chi connectivity index (χ2v) is 6.93. The van der Waals surface area contributed by atoms with Gasteiger partial charge in [0, 0.05) is 33.3 Å². The number of methoxy groups -OCH3 is 1. The zero-order chi connectivity index (χ0) is 19.8. The maximum atomic E-state index is 12.3. The molecule has 0 spiro atoms. The third-order valence-corrected chi connectivity index (χ3v) is 4.79. The van der Waals surface area contributed by atoms with Crippen LogP contribution in [0.1, 0.15) is 28.7 Å². The maximum Gasteiger partial charge on any atom is 0.315 e. The first-order valence-electron chi connectivity index (χ1n) is 9.62. The normalized spacial score (nSPS) is 15.9. The van der Waals surface area contributed by atoms with Crippen LogP contribution in [0.2, 0.25) is 0 Å². The first-order valence-corrected chi connectivity index (χ1v) is 9.62. The van der Waals surface area contributed by atoms with Gasteiger partial charge in [0.15, 0.2) is 0 Å². The molecule has 3 rings (SSSR count). The molecule has 2 aromatic rings. The number of nitrogens with one attached hydrogen (secondary N) is 2. The number of amides is 2. The van der Waals surface area contributed by atoms with Crippen LogP contribution >= 0.6 is 0 Å². The second-order valence-electron chi connectivity index (χ2n) is 6.93. The summed E-state index contributed by atoms with van der Waals surface area (Å²) in [5, 5.41) is 5.90.